The average molecular weight is 324 g/mol. The monoisotopic (exact) mass is 323 g/mol. The van der Waals surface area contributed by atoms with Crippen molar-refractivity contribution in [2.45, 2.75) is 25.3 Å². The number of alkyl halides is 1. The van der Waals surface area contributed by atoms with Gasteiger partial charge in [0.05, 0.1) is 15.9 Å². The average Bonchev–Trinajstić information content (AvgIpc) is 3.01. The highest BCUT2D eigenvalue weighted by Crippen LogP contribution is 2.28. The van der Waals surface area contributed by atoms with Crippen molar-refractivity contribution in [3.05, 3.63) is 41.2 Å². The van der Waals surface area contributed by atoms with Crippen molar-refractivity contribution in [2.24, 2.45) is 7.05 Å². The molecule has 3 rings (SSSR count). The summed E-state index contributed by atoms with van der Waals surface area (Å²) in [4.78, 5) is 8.83. The lowest BCUT2D eigenvalue weighted by Gasteiger charge is -2.09. The molecule has 0 saturated carbocycles. The first-order valence-electron chi connectivity index (χ1n) is 6.69. The molecule has 0 N–H and O–H groups in total. The summed E-state index contributed by atoms with van der Waals surface area (Å²) in [5.41, 5.74) is 1.77. The highest BCUT2D eigenvalue weighted by atomic mass is 35.5. The van der Waals surface area contributed by atoms with E-state index in [2.05, 4.69) is 19.6 Å². The van der Waals surface area contributed by atoms with Crippen molar-refractivity contribution in [1.29, 1.82) is 0 Å². The molecule has 0 spiro atoms. The Balaban J connectivity index is 1.99. The van der Waals surface area contributed by atoms with Gasteiger partial charge in [0.2, 0.25) is 0 Å². The number of hydrogen-bond acceptors (Lipinski definition) is 3. The largest absolute Gasteiger partial charge is 0.326 e. The van der Waals surface area contributed by atoms with Crippen LogP contribution in [0.4, 0.5) is 0 Å². The van der Waals surface area contributed by atoms with E-state index in [-0.39, 0.29) is 5.38 Å². The molecule has 21 heavy (non-hydrogen) atoms. The molecular weight excluding hydrogens is 309 g/mol. The number of halogens is 2. The Kier molecular flexibility index (Phi) is 3.87. The van der Waals surface area contributed by atoms with E-state index < -0.39 is 0 Å². The van der Waals surface area contributed by atoms with Crippen LogP contribution in [0.1, 0.15) is 23.9 Å². The summed E-state index contributed by atoms with van der Waals surface area (Å²) in [5.74, 6) is 1.62. The maximum atomic E-state index is 6.26. The van der Waals surface area contributed by atoms with Crippen LogP contribution in [0.5, 0.6) is 0 Å². The molecule has 0 amide bonds. The number of fused-ring (bicyclic) bond motifs is 1. The van der Waals surface area contributed by atoms with Crippen LogP contribution < -0.4 is 0 Å². The molecule has 110 valence electrons. The van der Waals surface area contributed by atoms with Crippen molar-refractivity contribution >= 4 is 34.2 Å². The van der Waals surface area contributed by atoms with Gasteiger partial charge < -0.3 is 4.57 Å². The molecule has 0 radical (unpaired) electrons. The fraction of sp³-hybridized carbons (Fsp3) is 0.357. The lowest BCUT2D eigenvalue weighted by Crippen LogP contribution is -2.08. The first-order valence-corrected chi connectivity index (χ1v) is 7.51. The summed E-state index contributed by atoms with van der Waals surface area (Å²) < 4.78 is 3.79. The van der Waals surface area contributed by atoms with Gasteiger partial charge in [-0.05, 0) is 19.1 Å². The van der Waals surface area contributed by atoms with Crippen LogP contribution in [-0.4, -0.2) is 24.3 Å². The molecule has 0 aliphatic rings. The molecule has 0 fully saturated rings. The Hall–Kier alpha value is -1.59. The van der Waals surface area contributed by atoms with Gasteiger partial charge in [0.1, 0.15) is 17.7 Å². The van der Waals surface area contributed by atoms with Crippen LogP contribution in [-0.2, 0) is 20.0 Å². The Bertz CT molecular complexity index is 775. The van der Waals surface area contributed by atoms with Crippen molar-refractivity contribution < 1.29 is 0 Å². The summed E-state index contributed by atoms with van der Waals surface area (Å²) in [7, 11) is 1.86. The van der Waals surface area contributed by atoms with Crippen LogP contribution in [0.25, 0.3) is 11.0 Å². The number of aromatic nitrogens is 5. The first kappa shape index (κ1) is 14.4. The minimum Gasteiger partial charge on any atom is -0.326 e. The number of imidazole rings is 1. The van der Waals surface area contributed by atoms with E-state index >= 15 is 0 Å². The van der Waals surface area contributed by atoms with Crippen LogP contribution in [0.2, 0.25) is 5.02 Å². The van der Waals surface area contributed by atoms with E-state index in [1.54, 1.807) is 11.0 Å². The van der Waals surface area contributed by atoms with Gasteiger partial charge in [-0.1, -0.05) is 17.7 Å². The predicted octanol–water partition coefficient (Wildman–Crippen LogP) is 3.36. The molecule has 5 nitrogen and oxygen atoms in total. The van der Waals surface area contributed by atoms with Gasteiger partial charge in [0.15, 0.2) is 5.82 Å². The summed E-state index contributed by atoms with van der Waals surface area (Å²) in [6.07, 6.45) is 2.42. The first-order chi connectivity index (χ1) is 10.1. The fourth-order valence-electron chi connectivity index (χ4n) is 2.38. The van der Waals surface area contributed by atoms with Gasteiger partial charge in [-0.25, -0.2) is 9.97 Å². The van der Waals surface area contributed by atoms with Gasteiger partial charge >= 0.3 is 0 Å². The van der Waals surface area contributed by atoms with E-state index in [1.165, 1.54) is 0 Å². The van der Waals surface area contributed by atoms with Crippen molar-refractivity contribution in [2.75, 3.05) is 0 Å². The molecule has 2 aromatic heterocycles. The third kappa shape index (κ3) is 2.76. The maximum Gasteiger partial charge on any atom is 0.152 e. The zero-order chi connectivity index (χ0) is 15.0. The molecule has 0 aliphatic heterocycles. The second-order valence-corrected chi connectivity index (χ2v) is 5.99. The Morgan fingerprint density at radius 2 is 2.14 bits per heavy atom. The minimum atomic E-state index is -0.190. The number of benzene rings is 1. The number of rotatable bonds is 4. The molecular formula is C14H15Cl2N5. The lowest BCUT2D eigenvalue weighted by atomic mass is 10.3. The normalized spacial score (nSPS) is 13.0. The second-order valence-electron chi connectivity index (χ2n) is 4.93. The zero-order valence-electron chi connectivity index (χ0n) is 11.8. The Morgan fingerprint density at radius 1 is 1.33 bits per heavy atom. The number of hydrogen-bond donors (Lipinski definition) is 0. The SMILES string of the molecule is CC(Cl)c1nc2c(Cl)cccc2n1CCc1ncn(C)n1. The van der Waals surface area contributed by atoms with Gasteiger partial charge in [0.25, 0.3) is 0 Å². The van der Waals surface area contributed by atoms with Crippen molar-refractivity contribution in [3.63, 3.8) is 0 Å². The molecule has 0 bridgehead atoms. The molecule has 3 aromatic rings. The molecule has 1 unspecified atom stereocenters. The zero-order valence-corrected chi connectivity index (χ0v) is 13.3. The quantitative estimate of drug-likeness (QED) is 0.692. The molecule has 2 heterocycles. The molecule has 7 heteroatoms. The van der Waals surface area contributed by atoms with E-state index in [0.717, 1.165) is 29.1 Å². The Morgan fingerprint density at radius 3 is 2.81 bits per heavy atom. The highest BCUT2D eigenvalue weighted by molar-refractivity contribution is 6.35. The van der Waals surface area contributed by atoms with E-state index in [1.807, 2.05) is 32.2 Å². The third-order valence-electron chi connectivity index (χ3n) is 3.32. The van der Waals surface area contributed by atoms with Gasteiger partial charge in [-0.3, -0.25) is 4.68 Å². The van der Waals surface area contributed by atoms with E-state index in [4.69, 9.17) is 23.2 Å². The van der Waals surface area contributed by atoms with Crippen LogP contribution in [0.3, 0.4) is 0 Å². The molecule has 0 saturated heterocycles. The topological polar surface area (TPSA) is 48.5 Å². The number of para-hydroxylation sites is 1. The maximum absolute atomic E-state index is 6.26. The second kappa shape index (κ2) is 5.66. The Labute approximate surface area is 132 Å². The van der Waals surface area contributed by atoms with Gasteiger partial charge in [-0.15, -0.1) is 11.6 Å². The minimum absolute atomic E-state index is 0.190. The van der Waals surface area contributed by atoms with Crippen LogP contribution >= 0.6 is 23.2 Å². The number of nitrogens with zero attached hydrogens (tertiary/aromatic N) is 5. The van der Waals surface area contributed by atoms with Crippen molar-refractivity contribution in [1.82, 2.24) is 24.3 Å². The summed E-state index contributed by atoms with van der Waals surface area (Å²) in [5, 5.41) is 4.74. The third-order valence-corrected chi connectivity index (χ3v) is 3.82. The van der Waals surface area contributed by atoms with Crippen molar-refractivity contribution in [3.8, 4) is 0 Å². The van der Waals surface area contributed by atoms with Gasteiger partial charge in [0, 0.05) is 20.0 Å². The lowest BCUT2D eigenvalue weighted by molar-refractivity contribution is 0.641. The predicted molar refractivity (Wildman–Crippen MR) is 83.7 cm³/mol. The fourth-order valence-corrected chi connectivity index (χ4v) is 2.76. The molecule has 1 atom stereocenters. The summed E-state index contributed by atoms with van der Waals surface area (Å²) in [6.45, 7) is 2.62. The summed E-state index contributed by atoms with van der Waals surface area (Å²) in [6, 6.07) is 5.76. The van der Waals surface area contributed by atoms with E-state index in [0.29, 0.717) is 11.6 Å². The van der Waals surface area contributed by atoms with Gasteiger partial charge in [-0.2, -0.15) is 5.10 Å². The van der Waals surface area contributed by atoms with Crippen LogP contribution in [0, 0.1) is 0 Å². The smallest absolute Gasteiger partial charge is 0.152 e. The number of aryl methyl sites for hydroxylation is 3. The molecule has 0 aliphatic carbocycles. The molecule has 1 aromatic carbocycles. The summed E-state index contributed by atoms with van der Waals surface area (Å²) >= 11 is 12.5. The van der Waals surface area contributed by atoms with Crippen LogP contribution in [0.15, 0.2) is 24.5 Å². The van der Waals surface area contributed by atoms with E-state index in [9.17, 15) is 0 Å². The highest BCUT2D eigenvalue weighted by Gasteiger charge is 2.16. The standard InChI is InChI=1S/C14H15Cl2N5/c1-9(15)14-18-13-10(16)4-3-5-11(13)21(14)7-6-12-17-8-20(2)19-12/h3-5,8-9H,6-7H2,1-2H3.